The Hall–Kier alpha value is -3.15. The van der Waals surface area contributed by atoms with Crippen LogP contribution in [0.3, 0.4) is 0 Å². The molecule has 0 aliphatic carbocycles. The second-order valence-electron chi connectivity index (χ2n) is 5.68. The molecule has 0 bridgehead atoms. The summed E-state index contributed by atoms with van der Waals surface area (Å²) in [5.41, 5.74) is 1.36. The average molecular weight is 354 g/mol. The van der Waals surface area contributed by atoms with Crippen LogP contribution >= 0.6 is 0 Å². The zero-order chi connectivity index (χ0) is 18.8. The molecular weight excluding hydrogens is 332 g/mol. The molecule has 1 unspecified atom stereocenters. The maximum Gasteiger partial charge on any atom is 0.307 e. The maximum atomic E-state index is 12.2. The Balaban J connectivity index is 1.86. The van der Waals surface area contributed by atoms with Gasteiger partial charge >= 0.3 is 5.97 Å². The van der Waals surface area contributed by atoms with Crippen LogP contribution in [0.2, 0.25) is 0 Å². The van der Waals surface area contributed by atoms with Gasteiger partial charge in [-0.2, -0.15) is 0 Å². The van der Waals surface area contributed by atoms with Crippen molar-refractivity contribution < 1.29 is 19.1 Å². The second kappa shape index (κ2) is 9.98. The summed E-state index contributed by atoms with van der Waals surface area (Å²) in [6.07, 6.45) is 0.158. The Morgan fingerprint density at radius 2 is 1.58 bits per heavy atom. The van der Waals surface area contributed by atoms with Gasteiger partial charge in [0.25, 0.3) is 5.91 Å². The molecule has 136 valence electrons. The molecule has 26 heavy (non-hydrogen) atoms. The van der Waals surface area contributed by atoms with Gasteiger partial charge in [0.05, 0.1) is 19.6 Å². The van der Waals surface area contributed by atoms with Crippen LogP contribution in [-0.2, 0) is 14.3 Å². The predicted molar refractivity (Wildman–Crippen MR) is 97.4 cm³/mol. The van der Waals surface area contributed by atoms with Crippen molar-refractivity contribution in [2.24, 2.45) is 0 Å². The summed E-state index contributed by atoms with van der Waals surface area (Å²) in [4.78, 5) is 35.8. The summed E-state index contributed by atoms with van der Waals surface area (Å²) >= 11 is 0. The quantitative estimate of drug-likeness (QED) is 0.712. The van der Waals surface area contributed by atoms with E-state index in [1.165, 1.54) is 7.11 Å². The largest absolute Gasteiger partial charge is 0.469 e. The molecule has 0 saturated carbocycles. The Morgan fingerprint density at radius 1 is 0.962 bits per heavy atom. The Kier molecular flexibility index (Phi) is 7.36. The van der Waals surface area contributed by atoms with Crippen LogP contribution in [0.15, 0.2) is 60.7 Å². The number of hydrogen-bond donors (Lipinski definition) is 2. The molecule has 2 N–H and O–H groups in total. The molecule has 2 amide bonds. The highest BCUT2D eigenvalue weighted by atomic mass is 16.5. The zero-order valence-corrected chi connectivity index (χ0v) is 14.6. The lowest BCUT2D eigenvalue weighted by Crippen LogP contribution is -2.34. The smallest absolute Gasteiger partial charge is 0.307 e. The number of hydrogen-bond acceptors (Lipinski definition) is 4. The Bertz CT molecular complexity index is 732. The van der Waals surface area contributed by atoms with Crippen LogP contribution in [0.5, 0.6) is 0 Å². The first-order valence-electron chi connectivity index (χ1n) is 8.34. The number of benzene rings is 2. The van der Waals surface area contributed by atoms with Crippen molar-refractivity contribution >= 4 is 17.8 Å². The molecule has 0 aliphatic rings. The van der Waals surface area contributed by atoms with Crippen molar-refractivity contribution in [3.63, 3.8) is 0 Å². The number of methoxy groups -OCH3 is 1. The van der Waals surface area contributed by atoms with Crippen LogP contribution in [0, 0.1) is 0 Å². The summed E-state index contributed by atoms with van der Waals surface area (Å²) in [6.45, 7) is 0.208. The van der Waals surface area contributed by atoms with Gasteiger partial charge in [-0.3, -0.25) is 14.4 Å². The molecule has 0 fully saturated rings. The fraction of sp³-hybridized carbons (Fsp3) is 0.250. The van der Waals surface area contributed by atoms with Crippen molar-refractivity contribution in [1.82, 2.24) is 10.6 Å². The molecule has 0 radical (unpaired) electrons. The van der Waals surface area contributed by atoms with Crippen molar-refractivity contribution in [3.05, 3.63) is 71.8 Å². The lowest BCUT2D eigenvalue weighted by molar-refractivity contribution is -0.141. The highest BCUT2D eigenvalue weighted by Crippen LogP contribution is 2.17. The molecule has 0 aliphatic heterocycles. The van der Waals surface area contributed by atoms with Gasteiger partial charge in [-0.05, 0) is 17.7 Å². The number of rotatable bonds is 8. The van der Waals surface area contributed by atoms with Gasteiger partial charge in [0, 0.05) is 18.5 Å². The molecule has 2 aromatic carbocycles. The van der Waals surface area contributed by atoms with Crippen LogP contribution in [0.1, 0.15) is 34.8 Å². The van der Waals surface area contributed by atoms with Gasteiger partial charge in [-0.25, -0.2) is 0 Å². The van der Waals surface area contributed by atoms with E-state index in [0.717, 1.165) is 5.56 Å². The molecule has 1 atom stereocenters. The van der Waals surface area contributed by atoms with E-state index < -0.39 is 12.0 Å². The fourth-order valence-corrected chi connectivity index (χ4v) is 2.44. The number of amides is 2. The van der Waals surface area contributed by atoms with Gasteiger partial charge in [0.1, 0.15) is 0 Å². The van der Waals surface area contributed by atoms with E-state index in [0.29, 0.717) is 5.56 Å². The topological polar surface area (TPSA) is 84.5 Å². The molecule has 2 aromatic rings. The summed E-state index contributed by atoms with van der Waals surface area (Å²) in [5, 5.41) is 5.52. The molecule has 0 saturated heterocycles. The number of nitrogens with one attached hydrogen (secondary N) is 2. The van der Waals surface area contributed by atoms with Crippen molar-refractivity contribution in [2.45, 2.75) is 18.9 Å². The number of carbonyl (C=O) groups excluding carboxylic acids is 3. The Labute approximate surface area is 152 Å². The predicted octanol–water partition coefficient (Wildman–Crippen LogP) is 2.23. The highest BCUT2D eigenvalue weighted by molar-refractivity contribution is 5.94. The van der Waals surface area contributed by atoms with Crippen molar-refractivity contribution in [2.75, 3.05) is 13.7 Å². The van der Waals surface area contributed by atoms with Crippen molar-refractivity contribution in [3.8, 4) is 0 Å². The number of carbonyl (C=O) groups is 3. The molecule has 2 rings (SSSR count). The highest BCUT2D eigenvalue weighted by Gasteiger charge is 2.18. The van der Waals surface area contributed by atoms with E-state index in [-0.39, 0.29) is 31.2 Å². The van der Waals surface area contributed by atoms with E-state index in [1.807, 2.05) is 36.4 Å². The number of esters is 1. The van der Waals surface area contributed by atoms with E-state index >= 15 is 0 Å². The van der Waals surface area contributed by atoms with E-state index in [9.17, 15) is 14.4 Å². The molecule has 0 heterocycles. The first kappa shape index (κ1) is 19.2. The lowest BCUT2D eigenvalue weighted by atomic mass is 10.0. The molecular formula is C20H22N2O4. The molecule has 0 spiro atoms. The third kappa shape index (κ3) is 6.05. The van der Waals surface area contributed by atoms with Gasteiger partial charge < -0.3 is 15.4 Å². The van der Waals surface area contributed by atoms with E-state index in [2.05, 4.69) is 10.6 Å². The maximum absolute atomic E-state index is 12.2. The third-order valence-corrected chi connectivity index (χ3v) is 3.81. The average Bonchev–Trinajstić information content (AvgIpc) is 2.68. The van der Waals surface area contributed by atoms with Crippen LogP contribution < -0.4 is 10.6 Å². The zero-order valence-electron chi connectivity index (χ0n) is 14.6. The minimum atomic E-state index is -0.471. The SMILES string of the molecule is COC(=O)CC(NC(=O)CCNC(=O)c1ccccc1)c1ccccc1. The minimum absolute atomic E-state index is 0.0443. The van der Waals surface area contributed by atoms with Gasteiger partial charge in [-0.1, -0.05) is 48.5 Å². The monoisotopic (exact) mass is 354 g/mol. The molecule has 6 heteroatoms. The Morgan fingerprint density at radius 3 is 2.19 bits per heavy atom. The first-order valence-corrected chi connectivity index (χ1v) is 8.34. The van der Waals surface area contributed by atoms with Gasteiger partial charge in [0.15, 0.2) is 0 Å². The summed E-state index contributed by atoms with van der Waals surface area (Å²) in [7, 11) is 1.31. The lowest BCUT2D eigenvalue weighted by Gasteiger charge is -2.18. The van der Waals surface area contributed by atoms with Crippen LogP contribution in [0.4, 0.5) is 0 Å². The molecule has 0 aromatic heterocycles. The molecule has 6 nitrogen and oxygen atoms in total. The summed E-state index contributed by atoms with van der Waals surface area (Å²) in [6, 6.07) is 17.5. The van der Waals surface area contributed by atoms with E-state index in [4.69, 9.17) is 4.74 Å². The minimum Gasteiger partial charge on any atom is -0.469 e. The summed E-state index contributed by atoms with van der Waals surface area (Å²) < 4.78 is 4.70. The second-order valence-corrected chi connectivity index (χ2v) is 5.68. The standard InChI is InChI=1S/C20H22N2O4/c1-26-19(24)14-17(15-8-4-2-5-9-15)22-18(23)12-13-21-20(25)16-10-6-3-7-11-16/h2-11,17H,12-14H2,1H3,(H,21,25)(H,22,23). The normalized spacial score (nSPS) is 11.3. The van der Waals surface area contributed by atoms with E-state index in [1.54, 1.807) is 24.3 Å². The van der Waals surface area contributed by atoms with Crippen molar-refractivity contribution in [1.29, 1.82) is 0 Å². The van der Waals surface area contributed by atoms with Crippen LogP contribution in [-0.4, -0.2) is 31.4 Å². The number of ether oxygens (including phenoxy) is 1. The van der Waals surface area contributed by atoms with Crippen LogP contribution in [0.25, 0.3) is 0 Å². The first-order chi connectivity index (χ1) is 12.6. The summed E-state index contributed by atoms with van der Waals surface area (Å²) in [5.74, 6) is -0.889. The fourth-order valence-electron chi connectivity index (χ4n) is 2.44. The van der Waals surface area contributed by atoms with Gasteiger partial charge in [0.2, 0.25) is 5.91 Å². The third-order valence-electron chi connectivity index (χ3n) is 3.81. The van der Waals surface area contributed by atoms with Gasteiger partial charge in [-0.15, -0.1) is 0 Å².